The Morgan fingerprint density at radius 1 is 1.39 bits per heavy atom. The Morgan fingerprint density at radius 3 is 2.61 bits per heavy atom. The first-order chi connectivity index (χ1) is 8.43. The van der Waals surface area contributed by atoms with E-state index in [0.29, 0.717) is 11.9 Å². The molecule has 1 aromatic heterocycles. The largest absolute Gasteiger partial charge is 0.406 e. The van der Waals surface area contributed by atoms with Crippen molar-refractivity contribution in [2.75, 3.05) is 25.5 Å². The first-order valence-electron chi connectivity index (χ1n) is 5.95. The molecule has 7 nitrogen and oxygen atoms in total. The van der Waals surface area contributed by atoms with E-state index in [2.05, 4.69) is 20.8 Å². The molecule has 0 radical (unpaired) electrons. The molecule has 1 rings (SSSR count). The number of carbonyl (C=O) groups excluding carboxylic acids is 1. The number of hydrogen-bond donors (Lipinski definition) is 2. The highest BCUT2D eigenvalue weighted by Crippen LogP contribution is 2.15. The maximum atomic E-state index is 11.6. The van der Waals surface area contributed by atoms with Gasteiger partial charge < -0.3 is 20.0 Å². The number of anilines is 1. The van der Waals surface area contributed by atoms with E-state index in [-0.39, 0.29) is 24.5 Å². The van der Waals surface area contributed by atoms with Crippen LogP contribution in [0.2, 0.25) is 0 Å². The molecule has 0 aliphatic rings. The van der Waals surface area contributed by atoms with Crippen molar-refractivity contribution in [1.82, 2.24) is 20.8 Å². The van der Waals surface area contributed by atoms with Crippen LogP contribution in [-0.4, -0.2) is 42.8 Å². The Morgan fingerprint density at radius 2 is 2.06 bits per heavy atom. The van der Waals surface area contributed by atoms with Gasteiger partial charge in [0.25, 0.3) is 0 Å². The third-order valence-electron chi connectivity index (χ3n) is 2.39. The summed E-state index contributed by atoms with van der Waals surface area (Å²) in [5.74, 6) is 0.428. The van der Waals surface area contributed by atoms with Gasteiger partial charge in [0.2, 0.25) is 11.8 Å². The lowest BCUT2D eigenvalue weighted by Crippen LogP contribution is -2.38. The minimum atomic E-state index is -0.0751. The molecule has 0 aliphatic carbocycles. The molecule has 0 aromatic carbocycles. The third-order valence-corrected chi connectivity index (χ3v) is 2.39. The van der Waals surface area contributed by atoms with Gasteiger partial charge in [-0.2, -0.15) is 0 Å². The molecular formula is C11H21N5O2. The fourth-order valence-electron chi connectivity index (χ4n) is 1.33. The highest BCUT2D eigenvalue weighted by molar-refractivity contribution is 5.80. The zero-order valence-corrected chi connectivity index (χ0v) is 11.5. The lowest BCUT2D eigenvalue weighted by Gasteiger charge is -2.15. The van der Waals surface area contributed by atoms with E-state index < -0.39 is 0 Å². The summed E-state index contributed by atoms with van der Waals surface area (Å²) in [6, 6.07) is 0.448. The number of hydrogen-bond acceptors (Lipinski definition) is 6. The minimum absolute atomic E-state index is 0.0101. The smallest absolute Gasteiger partial charge is 0.318 e. The van der Waals surface area contributed by atoms with Gasteiger partial charge in [-0.25, -0.2) is 0 Å². The van der Waals surface area contributed by atoms with Crippen LogP contribution in [0.15, 0.2) is 4.42 Å². The van der Waals surface area contributed by atoms with E-state index in [4.69, 9.17) is 4.42 Å². The molecule has 0 spiro atoms. The summed E-state index contributed by atoms with van der Waals surface area (Å²) >= 11 is 0. The van der Waals surface area contributed by atoms with Crippen LogP contribution in [0.25, 0.3) is 0 Å². The lowest BCUT2D eigenvalue weighted by molar-refractivity contribution is -0.120. The quantitative estimate of drug-likeness (QED) is 0.761. The third kappa shape index (κ3) is 3.99. The number of likely N-dealkylation sites (N-methyl/N-ethyl adjacent to an activating group) is 1. The van der Waals surface area contributed by atoms with E-state index >= 15 is 0 Å². The van der Waals surface area contributed by atoms with Crippen molar-refractivity contribution < 1.29 is 9.21 Å². The van der Waals surface area contributed by atoms with Crippen molar-refractivity contribution in [2.45, 2.75) is 32.9 Å². The molecule has 1 atom stereocenters. The van der Waals surface area contributed by atoms with Crippen LogP contribution in [0.1, 0.15) is 32.7 Å². The van der Waals surface area contributed by atoms with Gasteiger partial charge in [0.1, 0.15) is 6.54 Å². The van der Waals surface area contributed by atoms with Crippen molar-refractivity contribution in [1.29, 1.82) is 0 Å². The summed E-state index contributed by atoms with van der Waals surface area (Å²) in [6.07, 6.45) is 0. The second-order valence-corrected chi connectivity index (χ2v) is 4.51. The fourth-order valence-corrected chi connectivity index (χ4v) is 1.33. The number of rotatable bonds is 6. The van der Waals surface area contributed by atoms with Crippen LogP contribution < -0.4 is 15.5 Å². The Bertz CT molecular complexity index is 391. The molecule has 18 heavy (non-hydrogen) atoms. The summed E-state index contributed by atoms with van der Waals surface area (Å²) in [7, 11) is 3.55. The second kappa shape index (κ2) is 6.34. The van der Waals surface area contributed by atoms with E-state index in [1.54, 1.807) is 11.9 Å². The number of amides is 1. The molecule has 1 aromatic rings. The van der Waals surface area contributed by atoms with Gasteiger partial charge in [-0.15, -0.1) is 5.10 Å². The van der Waals surface area contributed by atoms with Gasteiger partial charge in [-0.3, -0.25) is 4.79 Å². The standard InChI is InChI=1S/C11H21N5O2/c1-7(2)13-9(17)6-16(5)11-15-14-10(18-11)8(3)12-4/h7-8,12H,6H2,1-5H3,(H,13,17). The van der Waals surface area contributed by atoms with Gasteiger partial charge >= 0.3 is 6.01 Å². The average Bonchev–Trinajstić information content (AvgIpc) is 2.75. The average molecular weight is 255 g/mol. The van der Waals surface area contributed by atoms with Gasteiger partial charge in [0.15, 0.2) is 0 Å². The van der Waals surface area contributed by atoms with Gasteiger partial charge in [0.05, 0.1) is 6.04 Å². The van der Waals surface area contributed by atoms with Crippen molar-refractivity contribution >= 4 is 11.9 Å². The summed E-state index contributed by atoms with van der Waals surface area (Å²) in [6.45, 7) is 5.94. The van der Waals surface area contributed by atoms with Crippen LogP contribution in [-0.2, 0) is 4.79 Å². The first-order valence-corrected chi connectivity index (χ1v) is 5.95. The zero-order valence-electron chi connectivity index (χ0n) is 11.5. The SMILES string of the molecule is CNC(C)c1nnc(N(C)CC(=O)NC(C)C)o1. The van der Waals surface area contributed by atoms with Crippen LogP contribution in [0.3, 0.4) is 0 Å². The monoisotopic (exact) mass is 255 g/mol. The Labute approximate surface area is 107 Å². The molecule has 1 heterocycles. The summed E-state index contributed by atoms with van der Waals surface area (Å²) in [4.78, 5) is 13.2. The number of aromatic nitrogens is 2. The predicted molar refractivity (Wildman–Crippen MR) is 68.3 cm³/mol. The highest BCUT2D eigenvalue weighted by atomic mass is 16.4. The normalized spacial score (nSPS) is 12.6. The Hall–Kier alpha value is -1.63. The molecule has 7 heteroatoms. The maximum absolute atomic E-state index is 11.6. The summed E-state index contributed by atoms with van der Waals surface area (Å²) in [5.41, 5.74) is 0. The molecule has 102 valence electrons. The number of carbonyl (C=O) groups is 1. The van der Waals surface area contributed by atoms with Gasteiger partial charge in [-0.1, -0.05) is 5.10 Å². The molecular weight excluding hydrogens is 234 g/mol. The van der Waals surface area contributed by atoms with E-state index in [0.717, 1.165) is 0 Å². The van der Waals surface area contributed by atoms with Crippen LogP contribution in [0.4, 0.5) is 6.01 Å². The molecule has 0 saturated heterocycles. The molecule has 0 saturated carbocycles. The van der Waals surface area contributed by atoms with Crippen LogP contribution >= 0.6 is 0 Å². The summed E-state index contributed by atoms with van der Waals surface area (Å²) in [5, 5.41) is 13.6. The van der Waals surface area contributed by atoms with Gasteiger partial charge in [-0.05, 0) is 27.8 Å². The molecule has 0 aliphatic heterocycles. The van der Waals surface area contributed by atoms with E-state index in [9.17, 15) is 4.79 Å². The summed E-state index contributed by atoms with van der Waals surface area (Å²) < 4.78 is 5.47. The molecule has 0 fully saturated rings. The topological polar surface area (TPSA) is 83.3 Å². The highest BCUT2D eigenvalue weighted by Gasteiger charge is 2.16. The Kier molecular flexibility index (Phi) is 5.08. The fraction of sp³-hybridized carbons (Fsp3) is 0.727. The zero-order chi connectivity index (χ0) is 13.7. The molecule has 1 amide bonds. The lowest BCUT2D eigenvalue weighted by atomic mass is 10.3. The van der Waals surface area contributed by atoms with Crippen LogP contribution in [0.5, 0.6) is 0 Å². The Balaban J connectivity index is 2.59. The van der Waals surface area contributed by atoms with Crippen molar-refractivity contribution in [3.8, 4) is 0 Å². The van der Waals surface area contributed by atoms with Crippen molar-refractivity contribution in [2.24, 2.45) is 0 Å². The van der Waals surface area contributed by atoms with E-state index in [1.807, 2.05) is 27.8 Å². The van der Waals surface area contributed by atoms with E-state index in [1.165, 1.54) is 0 Å². The maximum Gasteiger partial charge on any atom is 0.318 e. The predicted octanol–water partition coefficient (Wildman–Crippen LogP) is 0.311. The molecule has 1 unspecified atom stereocenters. The first kappa shape index (κ1) is 14.4. The molecule has 0 bridgehead atoms. The van der Waals surface area contributed by atoms with Gasteiger partial charge in [0, 0.05) is 13.1 Å². The second-order valence-electron chi connectivity index (χ2n) is 4.51. The number of nitrogens with one attached hydrogen (secondary N) is 2. The number of nitrogens with zero attached hydrogens (tertiary/aromatic N) is 3. The van der Waals surface area contributed by atoms with Crippen LogP contribution in [0, 0.1) is 0 Å². The minimum Gasteiger partial charge on any atom is -0.406 e. The van der Waals surface area contributed by atoms with Crippen molar-refractivity contribution in [3.05, 3.63) is 5.89 Å². The van der Waals surface area contributed by atoms with Crippen molar-refractivity contribution in [3.63, 3.8) is 0 Å². The molecule has 2 N–H and O–H groups in total.